The van der Waals surface area contributed by atoms with Crippen molar-refractivity contribution < 1.29 is 23.1 Å². The van der Waals surface area contributed by atoms with E-state index in [9.17, 15) is 13.2 Å². The van der Waals surface area contributed by atoms with E-state index in [2.05, 4.69) is 0 Å². The smallest absolute Gasteiger partial charge is 0.339 e. The van der Waals surface area contributed by atoms with Crippen molar-refractivity contribution in [3.63, 3.8) is 0 Å². The Kier molecular flexibility index (Phi) is 4.00. The number of benzene rings is 1. The van der Waals surface area contributed by atoms with E-state index in [1.165, 1.54) is 20.1 Å². The van der Waals surface area contributed by atoms with Gasteiger partial charge in [-0.25, -0.2) is 13.2 Å². The van der Waals surface area contributed by atoms with Crippen LogP contribution in [0.5, 0.6) is 5.75 Å². The van der Waals surface area contributed by atoms with Gasteiger partial charge in [-0.2, -0.15) is 0 Å². The van der Waals surface area contributed by atoms with Crippen LogP contribution in [0.15, 0.2) is 17.0 Å². The van der Waals surface area contributed by atoms with Crippen LogP contribution >= 0.6 is 11.6 Å². The van der Waals surface area contributed by atoms with Crippen molar-refractivity contribution >= 4 is 27.4 Å². The minimum atomic E-state index is -3.56. The van der Waals surface area contributed by atoms with Crippen molar-refractivity contribution in [3.05, 3.63) is 22.7 Å². The van der Waals surface area contributed by atoms with Crippen LogP contribution in [0.1, 0.15) is 17.3 Å². The fourth-order valence-corrected chi connectivity index (χ4v) is 2.74. The van der Waals surface area contributed by atoms with Crippen LogP contribution in [0.25, 0.3) is 0 Å². The first kappa shape index (κ1) is 13.8. The molecular weight excluding hydrogens is 268 g/mol. The van der Waals surface area contributed by atoms with Crippen molar-refractivity contribution in [2.45, 2.75) is 11.8 Å². The fraction of sp³-hybridized carbons (Fsp3) is 0.300. The highest BCUT2D eigenvalue weighted by molar-refractivity contribution is 7.91. The second-order valence-corrected chi connectivity index (χ2v) is 5.85. The highest BCUT2D eigenvalue weighted by Gasteiger charge is 2.21. The largest absolute Gasteiger partial charge is 0.496 e. The monoisotopic (exact) mass is 278 g/mol. The SMILES string of the molecule is CCS(=O)(=O)c1cc(C(=O)O)c(OC)cc1Cl. The van der Waals surface area contributed by atoms with E-state index >= 15 is 0 Å². The number of aromatic carboxylic acids is 1. The molecule has 0 fully saturated rings. The van der Waals surface area contributed by atoms with Gasteiger partial charge < -0.3 is 9.84 Å². The molecule has 1 N–H and O–H groups in total. The summed E-state index contributed by atoms with van der Waals surface area (Å²) < 4.78 is 28.2. The molecule has 0 aliphatic rings. The molecule has 0 spiro atoms. The molecule has 94 valence electrons. The van der Waals surface area contributed by atoms with Gasteiger partial charge in [-0.15, -0.1) is 0 Å². The highest BCUT2D eigenvalue weighted by atomic mass is 35.5. The second-order valence-electron chi connectivity index (χ2n) is 3.19. The molecule has 1 aromatic rings. The van der Waals surface area contributed by atoms with E-state index in [1.54, 1.807) is 0 Å². The van der Waals surface area contributed by atoms with Crippen LogP contribution in [0, 0.1) is 0 Å². The third-order valence-corrected chi connectivity index (χ3v) is 4.39. The molecular formula is C10H11ClO5S. The third-order valence-electron chi connectivity index (χ3n) is 2.20. The Morgan fingerprint density at radius 3 is 2.47 bits per heavy atom. The molecule has 0 saturated heterocycles. The van der Waals surface area contributed by atoms with Gasteiger partial charge in [-0.3, -0.25) is 0 Å². The zero-order valence-electron chi connectivity index (χ0n) is 9.23. The van der Waals surface area contributed by atoms with Crippen molar-refractivity contribution in [1.29, 1.82) is 0 Å². The van der Waals surface area contributed by atoms with Crippen molar-refractivity contribution in [2.75, 3.05) is 12.9 Å². The lowest BCUT2D eigenvalue weighted by atomic mass is 10.2. The highest BCUT2D eigenvalue weighted by Crippen LogP contribution is 2.30. The molecule has 17 heavy (non-hydrogen) atoms. The van der Waals surface area contributed by atoms with Gasteiger partial charge in [0.15, 0.2) is 9.84 Å². The summed E-state index contributed by atoms with van der Waals surface area (Å²) in [6.07, 6.45) is 0. The molecule has 0 aliphatic carbocycles. The van der Waals surface area contributed by atoms with Crippen LogP contribution in [0.2, 0.25) is 5.02 Å². The molecule has 0 saturated carbocycles. The molecule has 0 atom stereocenters. The minimum Gasteiger partial charge on any atom is -0.496 e. The summed E-state index contributed by atoms with van der Waals surface area (Å²) in [6.45, 7) is 1.45. The molecule has 1 aromatic carbocycles. The van der Waals surface area contributed by atoms with E-state index in [-0.39, 0.29) is 27.0 Å². The standard InChI is InChI=1S/C10H11ClO5S/c1-3-17(14,15)9-4-6(10(12)13)8(16-2)5-7(9)11/h4-5H,3H2,1-2H3,(H,12,13). The summed E-state index contributed by atoms with van der Waals surface area (Å²) in [7, 11) is -2.28. The maximum absolute atomic E-state index is 11.7. The maximum atomic E-state index is 11.7. The van der Waals surface area contributed by atoms with Gasteiger partial charge in [0.05, 0.1) is 22.8 Å². The zero-order chi connectivity index (χ0) is 13.2. The van der Waals surface area contributed by atoms with Crippen LogP contribution in [0.3, 0.4) is 0 Å². The van der Waals surface area contributed by atoms with Gasteiger partial charge in [0, 0.05) is 6.07 Å². The predicted octanol–water partition coefficient (Wildman–Crippen LogP) is 1.84. The molecule has 0 aliphatic heterocycles. The van der Waals surface area contributed by atoms with Crippen LogP contribution in [0.4, 0.5) is 0 Å². The van der Waals surface area contributed by atoms with Gasteiger partial charge in [0.25, 0.3) is 0 Å². The Balaban J connectivity index is 3.56. The maximum Gasteiger partial charge on any atom is 0.339 e. The predicted molar refractivity (Wildman–Crippen MR) is 62.7 cm³/mol. The number of carboxylic acid groups (broad SMARTS) is 1. The summed E-state index contributed by atoms with van der Waals surface area (Å²) in [4.78, 5) is 10.7. The van der Waals surface area contributed by atoms with Crippen LogP contribution in [-0.2, 0) is 9.84 Å². The lowest BCUT2D eigenvalue weighted by Gasteiger charge is -2.09. The Bertz CT molecular complexity index is 550. The van der Waals surface area contributed by atoms with Gasteiger partial charge in [0.2, 0.25) is 0 Å². The number of ether oxygens (including phenoxy) is 1. The molecule has 0 bridgehead atoms. The Labute approximate surface area is 104 Å². The number of hydrogen-bond acceptors (Lipinski definition) is 4. The van der Waals surface area contributed by atoms with Crippen molar-refractivity contribution in [3.8, 4) is 5.75 Å². The second kappa shape index (κ2) is 4.93. The molecule has 5 nitrogen and oxygen atoms in total. The first-order valence-corrected chi connectivity index (χ1v) is 6.70. The average Bonchev–Trinajstić information content (AvgIpc) is 2.27. The molecule has 0 radical (unpaired) electrons. The minimum absolute atomic E-state index is 0.0255. The first-order chi connectivity index (χ1) is 7.83. The number of rotatable bonds is 4. The number of methoxy groups -OCH3 is 1. The van der Waals surface area contributed by atoms with E-state index in [0.717, 1.165) is 6.07 Å². The lowest BCUT2D eigenvalue weighted by Crippen LogP contribution is -2.08. The summed E-state index contributed by atoms with van der Waals surface area (Å²) >= 11 is 5.80. The Hall–Kier alpha value is -1.27. The fourth-order valence-electron chi connectivity index (χ4n) is 1.26. The molecule has 0 heterocycles. The third kappa shape index (κ3) is 2.70. The van der Waals surface area contributed by atoms with Gasteiger partial charge in [-0.1, -0.05) is 18.5 Å². The lowest BCUT2D eigenvalue weighted by molar-refractivity contribution is 0.0693. The van der Waals surface area contributed by atoms with Gasteiger partial charge in [-0.05, 0) is 6.07 Å². The quantitative estimate of drug-likeness (QED) is 0.909. The first-order valence-electron chi connectivity index (χ1n) is 4.67. The molecule has 0 aromatic heterocycles. The van der Waals surface area contributed by atoms with Crippen molar-refractivity contribution in [2.24, 2.45) is 0 Å². The average molecular weight is 279 g/mol. The molecule has 0 unspecified atom stereocenters. The summed E-state index contributed by atoms with van der Waals surface area (Å²) in [5.41, 5.74) is -0.232. The van der Waals surface area contributed by atoms with Crippen LogP contribution in [-0.4, -0.2) is 32.4 Å². The summed E-state index contributed by atoms with van der Waals surface area (Å²) in [5.74, 6) is -1.40. The molecule has 7 heteroatoms. The Morgan fingerprint density at radius 1 is 1.47 bits per heavy atom. The normalized spacial score (nSPS) is 11.2. The van der Waals surface area contributed by atoms with Gasteiger partial charge in [0.1, 0.15) is 11.3 Å². The zero-order valence-corrected chi connectivity index (χ0v) is 10.8. The van der Waals surface area contributed by atoms with E-state index in [1.807, 2.05) is 0 Å². The summed E-state index contributed by atoms with van der Waals surface area (Å²) in [6, 6.07) is 2.20. The van der Waals surface area contributed by atoms with E-state index in [0.29, 0.717) is 0 Å². The van der Waals surface area contributed by atoms with Crippen LogP contribution < -0.4 is 4.74 Å². The number of hydrogen-bond donors (Lipinski definition) is 1. The van der Waals surface area contributed by atoms with Crippen molar-refractivity contribution in [1.82, 2.24) is 0 Å². The molecule has 1 rings (SSSR count). The summed E-state index contributed by atoms with van der Waals surface area (Å²) in [5, 5.41) is 8.89. The topological polar surface area (TPSA) is 80.7 Å². The number of carboxylic acids is 1. The Morgan fingerprint density at radius 2 is 2.06 bits per heavy atom. The number of halogens is 1. The van der Waals surface area contributed by atoms with E-state index in [4.69, 9.17) is 21.4 Å². The number of carbonyl (C=O) groups is 1. The van der Waals surface area contributed by atoms with E-state index < -0.39 is 15.8 Å². The molecule has 0 amide bonds. The van der Waals surface area contributed by atoms with Gasteiger partial charge >= 0.3 is 5.97 Å². The number of sulfone groups is 1.